The molecule has 0 bridgehead atoms. The van der Waals surface area contributed by atoms with Crippen molar-refractivity contribution < 1.29 is 38.7 Å². The van der Waals surface area contributed by atoms with E-state index in [0.29, 0.717) is 41.9 Å². The van der Waals surface area contributed by atoms with Crippen LogP contribution in [0.3, 0.4) is 0 Å². The summed E-state index contributed by atoms with van der Waals surface area (Å²) in [4.78, 5) is 29.1. The number of carbonyl (C=O) groups is 2. The summed E-state index contributed by atoms with van der Waals surface area (Å²) in [5.41, 5.74) is 7.40. The topological polar surface area (TPSA) is 150 Å². The number of aryl methyl sites for hydroxylation is 1. The van der Waals surface area contributed by atoms with E-state index in [1.807, 2.05) is 24.3 Å². The number of fused-ring (bicyclic) bond motifs is 2. The molecule has 0 spiro atoms. The van der Waals surface area contributed by atoms with Gasteiger partial charge in [0.25, 0.3) is 0 Å². The molecule has 1 aliphatic rings. The number of phenolic OH excluding ortho intramolecular Hbond substituents is 2. The maximum Gasteiger partial charge on any atom is 0.200 e. The minimum Gasteiger partial charge on any atom is -0.504 e. The van der Waals surface area contributed by atoms with Gasteiger partial charge in [0.1, 0.15) is 23.0 Å². The quantitative estimate of drug-likeness (QED) is 0.0264. The highest BCUT2D eigenvalue weighted by Crippen LogP contribution is 2.50. The molecule has 5 aromatic rings. The van der Waals surface area contributed by atoms with Crippen molar-refractivity contribution in [1.29, 1.82) is 0 Å². The van der Waals surface area contributed by atoms with E-state index in [1.165, 1.54) is 56.2 Å². The zero-order valence-electron chi connectivity index (χ0n) is 35.8. The molecular formula is C51H60N2O8. The summed E-state index contributed by atoms with van der Waals surface area (Å²) in [5.74, 6) is -0.618. The fourth-order valence-corrected chi connectivity index (χ4v) is 7.48. The molecule has 0 heterocycles. The van der Waals surface area contributed by atoms with Crippen LogP contribution in [0.4, 0.5) is 17.1 Å². The van der Waals surface area contributed by atoms with E-state index in [1.54, 1.807) is 48.5 Å². The van der Waals surface area contributed by atoms with E-state index in [9.17, 15) is 19.8 Å². The van der Waals surface area contributed by atoms with Crippen molar-refractivity contribution in [3.63, 3.8) is 0 Å². The Morgan fingerprint density at radius 3 is 1.48 bits per heavy atom. The van der Waals surface area contributed by atoms with Gasteiger partial charge in [0.2, 0.25) is 11.6 Å². The van der Waals surface area contributed by atoms with Crippen LogP contribution in [-0.4, -0.2) is 35.0 Å². The molecule has 10 nitrogen and oxygen atoms in total. The third-order valence-corrected chi connectivity index (χ3v) is 10.9. The van der Waals surface area contributed by atoms with Crippen molar-refractivity contribution in [2.75, 3.05) is 24.3 Å². The van der Waals surface area contributed by atoms with Gasteiger partial charge < -0.3 is 40.2 Å². The maximum absolute atomic E-state index is 14.6. The molecule has 0 fully saturated rings. The first-order chi connectivity index (χ1) is 29.7. The molecule has 6 rings (SSSR count). The Kier molecular flexibility index (Phi) is 15.9. The average molecular weight is 829 g/mol. The number of ketones is 2. The molecule has 1 aliphatic carbocycles. The molecule has 0 aliphatic heterocycles. The van der Waals surface area contributed by atoms with Gasteiger partial charge in [0, 0.05) is 23.5 Å². The van der Waals surface area contributed by atoms with E-state index in [4.69, 9.17) is 24.7 Å². The summed E-state index contributed by atoms with van der Waals surface area (Å²) in [5, 5.41) is 26.7. The zero-order chi connectivity index (χ0) is 43.1. The molecule has 322 valence electrons. The van der Waals surface area contributed by atoms with Crippen LogP contribution >= 0.6 is 0 Å². The molecular weight excluding hydrogens is 769 g/mol. The number of nitrogen functional groups attached to an aromatic ring is 1. The normalized spacial score (nSPS) is 11.9. The highest BCUT2D eigenvalue weighted by atomic mass is 16.5. The Hall–Kier alpha value is -6.16. The summed E-state index contributed by atoms with van der Waals surface area (Å²) in [6.45, 7) is 7.76. The van der Waals surface area contributed by atoms with Crippen LogP contribution in [0, 0.1) is 0 Å². The van der Waals surface area contributed by atoms with Crippen molar-refractivity contribution in [2.45, 2.75) is 111 Å². The number of ether oxygens (including phenoxy) is 4. The number of carbonyl (C=O) groups excluding carboxylic acids is 2. The van der Waals surface area contributed by atoms with Gasteiger partial charge in [0.15, 0.2) is 23.0 Å². The second-order valence-corrected chi connectivity index (χ2v) is 15.7. The fourth-order valence-electron chi connectivity index (χ4n) is 7.48. The fraction of sp³-hybridized carbons (Fsp3) is 0.373. The van der Waals surface area contributed by atoms with Gasteiger partial charge in [-0.2, -0.15) is 0 Å². The first-order valence-electron chi connectivity index (χ1n) is 22.0. The number of benzene rings is 5. The number of rotatable bonds is 24. The van der Waals surface area contributed by atoms with Gasteiger partial charge >= 0.3 is 0 Å². The summed E-state index contributed by atoms with van der Waals surface area (Å²) >= 11 is 0. The summed E-state index contributed by atoms with van der Waals surface area (Å²) < 4.78 is 24.0. The van der Waals surface area contributed by atoms with Crippen molar-refractivity contribution in [2.24, 2.45) is 0 Å². The standard InChI is InChI=1S/C51H60N2O8/c1-4-7-10-12-15-30-58-36-22-26-38(27-23-36)60-42-32-40(52)44-46(48(42)54)51(57)45-41(53-35-20-18-34(19-21-35)17-14-9-6-3)33-43(49(55)47(45)50(44)56)61-39-28-24-37(25-29-39)59-31-16-13-11-8-5-2/h18-29,32-33,53-55H,4-17,30-31,52H2,1-3H3. The van der Waals surface area contributed by atoms with Gasteiger partial charge in [-0.15, -0.1) is 0 Å². The lowest BCUT2D eigenvalue weighted by molar-refractivity contribution is 0.0974. The predicted molar refractivity (Wildman–Crippen MR) is 242 cm³/mol. The number of hydrogen-bond donors (Lipinski definition) is 4. The first-order valence-corrected chi connectivity index (χ1v) is 22.0. The smallest absolute Gasteiger partial charge is 0.200 e. The minimum absolute atomic E-state index is 0.0571. The number of nitrogens with one attached hydrogen (secondary N) is 1. The highest BCUT2D eigenvalue weighted by Gasteiger charge is 2.40. The number of hydrogen-bond acceptors (Lipinski definition) is 10. The number of unbranched alkanes of at least 4 members (excludes halogenated alkanes) is 10. The third-order valence-electron chi connectivity index (χ3n) is 10.9. The lowest BCUT2D eigenvalue weighted by Gasteiger charge is -2.25. The molecule has 0 unspecified atom stereocenters. The van der Waals surface area contributed by atoms with Gasteiger partial charge in [-0.05, 0) is 91.9 Å². The molecule has 0 amide bonds. The first kappa shape index (κ1) is 44.4. The lowest BCUT2D eigenvalue weighted by atomic mass is 9.81. The molecule has 10 heteroatoms. The van der Waals surface area contributed by atoms with Crippen molar-refractivity contribution in [3.8, 4) is 46.0 Å². The third kappa shape index (κ3) is 11.4. The van der Waals surface area contributed by atoms with Crippen LogP contribution < -0.4 is 30.0 Å². The van der Waals surface area contributed by atoms with E-state index < -0.39 is 23.1 Å². The minimum atomic E-state index is -0.750. The Morgan fingerprint density at radius 2 is 0.951 bits per heavy atom. The number of anilines is 3. The second kappa shape index (κ2) is 21.9. The Labute approximate surface area is 360 Å². The zero-order valence-corrected chi connectivity index (χ0v) is 35.8. The molecule has 61 heavy (non-hydrogen) atoms. The van der Waals surface area contributed by atoms with Crippen LogP contribution in [0.2, 0.25) is 0 Å². The summed E-state index contributed by atoms with van der Waals surface area (Å²) in [6.07, 6.45) is 15.6. The van der Waals surface area contributed by atoms with E-state index in [0.717, 1.165) is 51.4 Å². The monoisotopic (exact) mass is 828 g/mol. The van der Waals surface area contributed by atoms with Crippen molar-refractivity contribution in [1.82, 2.24) is 0 Å². The van der Waals surface area contributed by atoms with Crippen LogP contribution in [0.15, 0.2) is 84.9 Å². The molecule has 5 aromatic carbocycles. The van der Waals surface area contributed by atoms with Crippen LogP contribution in [0.5, 0.6) is 46.0 Å². The maximum atomic E-state index is 14.6. The lowest BCUT2D eigenvalue weighted by Crippen LogP contribution is -2.24. The molecule has 0 atom stereocenters. The molecule has 0 radical (unpaired) electrons. The van der Waals surface area contributed by atoms with Crippen LogP contribution in [0.25, 0.3) is 0 Å². The van der Waals surface area contributed by atoms with E-state index in [2.05, 4.69) is 26.1 Å². The highest BCUT2D eigenvalue weighted by molar-refractivity contribution is 6.34. The predicted octanol–water partition coefficient (Wildman–Crippen LogP) is 13.2. The molecule has 5 N–H and O–H groups in total. The Bertz CT molecular complexity index is 2230. The summed E-state index contributed by atoms with van der Waals surface area (Å²) in [6, 6.07) is 24.5. The van der Waals surface area contributed by atoms with E-state index >= 15 is 0 Å². The van der Waals surface area contributed by atoms with Gasteiger partial charge in [-0.1, -0.05) is 97.1 Å². The molecule has 0 aromatic heterocycles. The number of nitrogens with two attached hydrogens (primary N) is 1. The molecule has 0 saturated carbocycles. The molecule has 0 saturated heterocycles. The average Bonchev–Trinajstić information content (AvgIpc) is 3.26. The Morgan fingerprint density at radius 1 is 0.508 bits per heavy atom. The van der Waals surface area contributed by atoms with Gasteiger partial charge in [0.05, 0.1) is 41.2 Å². The number of aromatic hydroxyl groups is 2. The number of phenols is 2. The second-order valence-electron chi connectivity index (χ2n) is 15.7. The van der Waals surface area contributed by atoms with E-state index in [-0.39, 0.29) is 45.1 Å². The van der Waals surface area contributed by atoms with Crippen LogP contribution in [-0.2, 0) is 6.42 Å². The van der Waals surface area contributed by atoms with Gasteiger partial charge in [-0.25, -0.2) is 0 Å². The largest absolute Gasteiger partial charge is 0.504 e. The summed E-state index contributed by atoms with van der Waals surface area (Å²) in [7, 11) is 0. The SMILES string of the molecule is CCCCCCCOc1ccc(Oc2cc(N)c3c(c2O)C(=O)c2c(Nc4ccc(CCCCC)cc4)cc(Oc4ccc(OCCCCCCC)cc4)c(O)c2C3=O)cc1. The Balaban J connectivity index is 1.28. The van der Waals surface area contributed by atoms with Crippen molar-refractivity contribution in [3.05, 3.63) is 113 Å². The van der Waals surface area contributed by atoms with Gasteiger partial charge in [-0.3, -0.25) is 9.59 Å². The van der Waals surface area contributed by atoms with Crippen LogP contribution in [0.1, 0.15) is 142 Å². The van der Waals surface area contributed by atoms with Crippen molar-refractivity contribution >= 4 is 28.6 Å².